The van der Waals surface area contributed by atoms with Crippen LogP contribution in [0.25, 0.3) is 0 Å². The van der Waals surface area contributed by atoms with E-state index < -0.39 is 18.3 Å². The van der Waals surface area contributed by atoms with Crippen LogP contribution >= 0.6 is 11.6 Å². The van der Waals surface area contributed by atoms with Gasteiger partial charge in [-0.1, -0.05) is 32.4 Å². The smallest absolute Gasteiger partial charge is 0.243 e. The highest BCUT2D eigenvalue weighted by Crippen LogP contribution is 2.44. The summed E-state index contributed by atoms with van der Waals surface area (Å²) < 4.78 is 35.0. The van der Waals surface area contributed by atoms with Gasteiger partial charge < -0.3 is 4.43 Å². The van der Waals surface area contributed by atoms with E-state index in [2.05, 4.69) is 33.9 Å². The SMILES string of the molecule is CC(C)(C)[Si](C)(C)O[C@H]1CCC2CCC1N2S(=O)(=O)c1ccc(Cl)cc1. The van der Waals surface area contributed by atoms with Crippen LogP contribution in [0.1, 0.15) is 46.5 Å². The minimum absolute atomic E-state index is 0.00304. The van der Waals surface area contributed by atoms with E-state index >= 15 is 0 Å². The number of sulfonamides is 1. The Balaban J connectivity index is 1.88. The lowest BCUT2D eigenvalue weighted by Gasteiger charge is -2.45. The number of fused-ring (bicyclic) bond motifs is 2. The van der Waals surface area contributed by atoms with Crippen molar-refractivity contribution in [1.29, 1.82) is 0 Å². The van der Waals surface area contributed by atoms with Gasteiger partial charge in [-0.05, 0) is 68.1 Å². The third kappa shape index (κ3) is 3.63. The Hall–Kier alpha value is -0.403. The lowest BCUT2D eigenvalue weighted by atomic mass is 10.0. The number of nitrogens with zero attached hydrogens (tertiary/aromatic N) is 1. The minimum Gasteiger partial charge on any atom is -0.412 e. The van der Waals surface area contributed by atoms with Gasteiger partial charge in [0.15, 0.2) is 8.32 Å². The summed E-state index contributed by atoms with van der Waals surface area (Å²) in [5.74, 6) is 0. The van der Waals surface area contributed by atoms with E-state index in [1.807, 2.05) is 0 Å². The van der Waals surface area contributed by atoms with Gasteiger partial charge in [0, 0.05) is 11.1 Å². The van der Waals surface area contributed by atoms with Crippen molar-refractivity contribution in [3.63, 3.8) is 0 Å². The predicted octanol–water partition coefficient (Wildman–Crippen LogP) is 5.05. The van der Waals surface area contributed by atoms with Gasteiger partial charge in [-0.15, -0.1) is 0 Å². The molecule has 2 saturated heterocycles. The second-order valence-corrected chi connectivity index (χ2v) is 16.1. The minimum atomic E-state index is -3.53. The highest BCUT2D eigenvalue weighted by Gasteiger charge is 2.51. The first kappa shape index (κ1) is 20.3. The number of hydrogen-bond acceptors (Lipinski definition) is 3. The van der Waals surface area contributed by atoms with E-state index in [9.17, 15) is 8.42 Å². The fraction of sp³-hybridized carbons (Fsp3) is 0.684. The van der Waals surface area contributed by atoms with Crippen molar-refractivity contribution in [2.24, 2.45) is 0 Å². The molecular formula is C19H30ClNO3SSi. The molecule has 2 fully saturated rings. The Morgan fingerprint density at radius 1 is 1.08 bits per heavy atom. The second-order valence-electron chi connectivity index (χ2n) is 9.08. The van der Waals surface area contributed by atoms with Gasteiger partial charge in [0.05, 0.1) is 17.0 Å². The first-order valence-electron chi connectivity index (χ1n) is 9.40. The molecule has 0 N–H and O–H groups in total. The largest absolute Gasteiger partial charge is 0.412 e. The van der Waals surface area contributed by atoms with Crippen molar-refractivity contribution >= 4 is 29.9 Å². The van der Waals surface area contributed by atoms with E-state index in [4.69, 9.17) is 16.0 Å². The summed E-state index contributed by atoms with van der Waals surface area (Å²) in [6.45, 7) is 11.2. The lowest BCUT2D eigenvalue weighted by molar-refractivity contribution is 0.0664. The summed E-state index contributed by atoms with van der Waals surface area (Å²) in [6.07, 6.45) is 3.64. The highest BCUT2D eigenvalue weighted by molar-refractivity contribution is 7.89. The first-order chi connectivity index (χ1) is 11.9. The summed E-state index contributed by atoms with van der Waals surface area (Å²) in [5, 5.41) is 0.659. The topological polar surface area (TPSA) is 46.6 Å². The monoisotopic (exact) mass is 415 g/mol. The molecule has 3 atom stereocenters. The first-order valence-corrected chi connectivity index (χ1v) is 14.1. The Labute approximate surface area is 164 Å². The third-order valence-corrected chi connectivity index (χ3v) is 13.1. The zero-order valence-corrected chi connectivity index (χ0v) is 18.9. The molecular weight excluding hydrogens is 386 g/mol. The molecule has 0 saturated carbocycles. The molecule has 146 valence electrons. The van der Waals surface area contributed by atoms with E-state index in [-0.39, 0.29) is 23.2 Å². The molecule has 2 aliphatic rings. The average Bonchev–Trinajstić information content (AvgIpc) is 2.86. The van der Waals surface area contributed by atoms with Crippen molar-refractivity contribution in [3.8, 4) is 0 Å². The van der Waals surface area contributed by atoms with Crippen molar-refractivity contribution in [2.75, 3.05) is 0 Å². The molecule has 1 aromatic carbocycles. The van der Waals surface area contributed by atoms with Crippen LogP contribution in [0.15, 0.2) is 29.2 Å². The Morgan fingerprint density at radius 2 is 1.65 bits per heavy atom. The van der Waals surface area contributed by atoms with E-state index in [1.165, 1.54) is 0 Å². The lowest BCUT2D eigenvalue weighted by Crippen LogP contribution is -2.55. The number of rotatable bonds is 4. The van der Waals surface area contributed by atoms with Crippen molar-refractivity contribution < 1.29 is 12.8 Å². The van der Waals surface area contributed by atoms with Crippen LogP contribution < -0.4 is 0 Å². The number of halogens is 1. The Kier molecular flexibility index (Phi) is 5.39. The van der Waals surface area contributed by atoms with Crippen LogP contribution in [0.3, 0.4) is 0 Å². The van der Waals surface area contributed by atoms with Crippen LogP contribution in [0.4, 0.5) is 0 Å². The molecule has 2 unspecified atom stereocenters. The van der Waals surface area contributed by atoms with Crippen LogP contribution in [-0.2, 0) is 14.4 Å². The quantitative estimate of drug-likeness (QED) is 0.646. The molecule has 2 bridgehead atoms. The summed E-state index contributed by atoms with van der Waals surface area (Å²) in [7, 11) is -5.47. The van der Waals surface area contributed by atoms with Crippen LogP contribution in [-0.4, -0.2) is 39.2 Å². The van der Waals surface area contributed by atoms with E-state index in [0.717, 1.165) is 25.7 Å². The van der Waals surface area contributed by atoms with Gasteiger partial charge in [-0.3, -0.25) is 0 Å². The zero-order valence-electron chi connectivity index (χ0n) is 16.3. The molecule has 7 heteroatoms. The Bertz CT molecular complexity index is 758. The van der Waals surface area contributed by atoms with Gasteiger partial charge >= 0.3 is 0 Å². The van der Waals surface area contributed by atoms with Gasteiger partial charge in [-0.25, -0.2) is 8.42 Å². The molecule has 0 radical (unpaired) electrons. The molecule has 4 nitrogen and oxygen atoms in total. The van der Waals surface area contributed by atoms with Gasteiger partial charge in [0.25, 0.3) is 0 Å². The maximum atomic E-state index is 13.3. The van der Waals surface area contributed by atoms with Gasteiger partial charge in [0.2, 0.25) is 10.0 Å². The summed E-state index contributed by atoms with van der Waals surface area (Å²) in [4.78, 5) is 0.326. The van der Waals surface area contributed by atoms with Crippen molar-refractivity contribution in [3.05, 3.63) is 29.3 Å². The highest BCUT2D eigenvalue weighted by atomic mass is 35.5. The van der Waals surface area contributed by atoms with Crippen molar-refractivity contribution in [1.82, 2.24) is 4.31 Å². The normalized spacial score (nSPS) is 27.7. The van der Waals surface area contributed by atoms with Crippen LogP contribution in [0, 0.1) is 0 Å². The van der Waals surface area contributed by atoms with Crippen LogP contribution in [0.5, 0.6) is 0 Å². The maximum Gasteiger partial charge on any atom is 0.243 e. The molecule has 0 spiro atoms. The standard InChI is InChI=1S/C19H30ClNO3SSi/c1-19(2,3)26(4,5)24-18-13-9-15-8-12-17(18)21(15)25(22,23)16-10-6-14(20)7-11-16/h6-7,10-11,15,17-18H,8-9,12-13H2,1-5H3/t15?,17?,18-/m0/s1. The second kappa shape index (κ2) is 6.89. The van der Waals surface area contributed by atoms with Crippen LogP contribution in [0.2, 0.25) is 23.2 Å². The molecule has 26 heavy (non-hydrogen) atoms. The summed E-state index contributed by atoms with van der Waals surface area (Å²) >= 11 is 5.93. The fourth-order valence-corrected chi connectivity index (χ4v) is 7.29. The fourth-order valence-electron chi connectivity index (χ4n) is 3.85. The molecule has 0 amide bonds. The third-order valence-electron chi connectivity index (χ3n) is 6.34. The Morgan fingerprint density at radius 3 is 2.23 bits per heavy atom. The molecule has 1 aromatic rings. The predicted molar refractivity (Wildman–Crippen MR) is 109 cm³/mol. The summed E-state index contributed by atoms with van der Waals surface area (Å²) in [6, 6.07) is 6.54. The molecule has 3 rings (SSSR count). The van der Waals surface area contributed by atoms with Gasteiger partial charge in [-0.2, -0.15) is 4.31 Å². The average molecular weight is 416 g/mol. The van der Waals surface area contributed by atoms with E-state index in [1.54, 1.807) is 28.6 Å². The summed E-state index contributed by atoms with van der Waals surface area (Å²) in [5.41, 5.74) is 0. The number of hydrogen-bond donors (Lipinski definition) is 0. The van der Waals surface area contributed by atoms with E-state index in [0.29, 0.717) is 9.92 Å². The van der Waals surface area contributed by atoms with Crippen molar-refractivity contribution in [2.45, 2.75) is 87.7 Å². The number of piperidine rings is 1. The zero-order chi connectivity index (χ0) is 19.3. The number of benzene rings is 1. The van der Waals surface area contributed by atoms with Gasteiger partial charge in [0.1, 0.15) is 0 Å². The molecule has 0 aromatic heterocycles. The maximum absolute atomic E-state index is 13.3. The molecule has 2 aliphatic heterocycles. The molecule has 0 aliphatic carbocycles. The molecule has 2 heterocycles.